The van der Waals surface area contributed by atoms with Crippen molar-refractivity contribution in [3.8, 4) is 0 Å². The van der Waals surface area contributed by atoms with Gasteiger partial charge in [0.25, 0.3) is 5.91 Å². The summed E-state index contributed by atoms with van der Waals surface area (Å²) in [5, 5.41) is 0. The smallest absolute Gasteiger partial charge is 0.416 e. The molecule has 0 heterocycles. The Bertz CT molecular complexity index is 768. The van der Waals surface area contributed by atoms with E-state index in [0.29, 0.717) is 6.07 Å². The van der Waals surface area contributed by atoms with Crippen LogP contribution in [0, 0.1) is 5.82 Å². The van der Waals surface area contributed by atoms with Gasteiger partial charge in [0.2, 0.25) is 0 Å². The third-order valence-corrected chi connectivity index (χ3v) is 4.58. The number of nitrogens with one attached hydrogen (secondary N) is 2. The number of amides is 1. The van der Waals surface area contributed by atoms with Gasteiger partial charge in [0.1, 0.15) is 17.3 Å². The topological polar surface area (TPSA) is 64.2 Å². The second-order valence-electron chi connectivity index (χ2n) is 4.93. The third kappa shape index (κ3) is 4.86. The largest absolute Gasteiger partial charge is 0.611 e. The lowest BCUT2D eigenvalue weighted by molar-refractivity contribution is -0.137. The first-order valence-electron chi connectivity index (χ1n) is 7.14. The predicted molar refractivity (Wildman–Crippen MR) is 85.9 cm³/mol. The zero-order chi connectivity index (χ0) is 18.6. The van der Waals surface area contributed by atoms with Crippen LogP contribution in [-0.4, -0.2) is 16.2 Å². The Morgan fingerprint density at radius 2 is 1.92 bits per heavy atom. The summed E-state index contributed by atoms with van der Waals surface area (Å²) in [5.41, 5.74) is 3.48. The number of benzene rings is 2. The number of hydrazine groups is 1. The number of halogens is 4. The Labute approximate surface area is 144 Å². The minimum absolute atomic E-state index is 0.0699. The Kier molecular flexibility index (Phi) is 5.91. The molecule has 0 fully saturated rings. The lowest BCUT2D eigenvalue weighted by atomic mass is 10.1. The molecule has 0 bridgehead atoms. The monoisotopic (exact) mass is 374 g/mol. The normalized spacial score (nSPS) is 12.6. The highest BCUT2D eigenvalue weighted by Gasteiger charge is 2.30. The minimum atomic E-state index is -4.57. The molecule has 0 saturated heterocycles. The molecule has 2 aromatic carbocycles. The van der Waals surface area contributed by atoms with Gasteiger partial charge in [-0.05, 0) is 48.4 Å². The van der Waals surface area contributed by atoms with Crippen molar-refractivity contribution in [2.24, 2.45) is 0 Å². The molecular formula is C16H14F4N2O2S. The van der Waals surface area contributed by atoms with Crippen LogP contribution in [0.1, 0.15) is 22.8 Å². The fourth-order valence-corrected chi connectivity index (χ4v) is 2.87. The Balaban J connectivity index is 2.17. The van der Waals surface area contributed by atoms with Crippen LogP contribution in [0.15, 0.2) is 47.4 Å². The number of carbonyl (C=O) groups is 1. The Morgan fingerprint density at radius 3 is 2.56 bits per heavy atom. The van der Waals surface area contributed by atoms with Crippen molar-refractivity contribution in [2.75, 3.05) is 11.2 Å². The highest BCUT2D eigenvalue weighted by molar-refractivity contribution is 7.91. The van der Waals surface area contributed by atoms with Gasteiger partial charge in [0.05, 0.1) is 5.56 Å². The summed E-state index contributed by atoms with van der Waals surface area (Å²) in [7, 11) is 0. The number of alkyl halides is 3. The quantitative estimate of drug-likeness (QED) is 0.476. The fraction of sp³-hybridized carbons (Fsp3) is 0.188. The molecule has 1 unspecified atom stereocenters. The molecule has 0 radical (unpaired) electrons. The summed E-state index contributed by atoms with van der Waals surface area (Å²) in [6.07, 6.45) is -4.57. The first kappa shape index (κ1) is 19.1. The molecule has 25 heavy (non-hydrogen) atoms. The van der Waals surface area contributed by atoms with Crippen LogP contribution < -0.4 is 10.9 Å². The number of hydrogen-bond donors (Lipinski definition) is 2. The molecule has 0 saturated carbocycles. The molecular weight excluding hydrogens is 360 g/mol. The number of hydrogen-bond acceptors (Lipinski definition) is 3. The van der Waals surface area contributed by atoms with Crippen molar-refractivity contribution >= 4 is 22.8 Å². The van der Waals surface area contributed by atoms with Gasteiger partial charge in [-0.3, -0.25) is 15.6 Å². The Morgan fingerprint density at radius 1 is 1.20 bits per heavy atom. The van der Waals surface area contributed by atoms with Gasteiger partial charge in [-0.15, -0.1) is 0 Å². The van der Waals surface area contributed by atoms with E-state index in [1.54, 1.807) is 6.92 Å². The van der Waals surface area contributed by atoms with Crippen LogP contribution in [0.25, 0.3) is 0 Å². The second kappa shape index (κ2) is 7.75. The first-order chi connectivity index (χ1) is 11.7. The molecule has 2 rings (SSSR count). The van der Waals surface area contributed by atoms with E-state index in [9.17, 15) is 26.9 Å². The standard InChI is InChI=1S/C16H14F4N2O2S/c1-2-25(24)14-7-6-12(17)9-13(14)21-22-15(23)10-4-3-5-11(8-10)16(18,19)20/h3-9,21H,2H2,1H3,(H,22,23). The van der Waals surface area contributed by atoms with E-state index in [1.165, 1.54) is 12.1 Å². The first-order valence-corrected chi connectivity index (χ1v) is 8.45. The summed E-state index contributed by atoms with van der Waals surface area (Å²) in [5.74, 6) is -1.18. The van der Waals surface area contributed by atoms with Gasteiger partial charge in [0, 0.05) is 11.6 Å². The summed E-state index contributed by atoms with van der Waals surface area (Å²) >= 11 is -1.41. The summed E-state index contributed by atoms with van der Waals surface area (Å²) in [6, 6.07) is 7.35. The van der Waals surface area contributed by atoms with E-state index < -0.39 is 34.6 Å². The fourth-order valence-electron chi connectivity index (χ4n) is 1.99. The molecule has 1 amide bonds. The van der Waals surface area contributed by atoms with Crippen molar-refractivity contribution in [1.82, 2.24) is 5.43 Å². The van der Waals surface area contributed by atoms with Crippen molar-refractivity contribution in [1.29, 1.82) is 0 Å². The third-order valence-electron chi connectivity index (χ3n) is 3.21. The summed E-state index contributed by atoms with van der Waals surface area (Å²) in [4.78, 5) is 12.3. The predicted octanol–water partition coefficient (Wildman–Crippen LogP) is 3.73. The molecule has 1 atom stereocenters. The van der Waals surface area contributed by atoms with Crippen LogP contribution in [0.5, 0.6) is 0 Å². The Hall–Kier alpha value is -2.26. The van der Waals surface area contributed by atoms with Crippen molar-refractivity contribution in [3.05, 3.63) is 59.4 Å². The molecule has 0 spiro atoms. The van der Waals surface area contributed by atoms with Gasteiger partial charge in [0.15, 0.2) is 4.90 Å². The maximum atomic E-state index is 13.4. The minimum Gasteiger partial charge on any atom is -0.611 e. The maximum absolute atomic E-state index is 13.4. The number of anilines is 1. The molecule has 0 aliphatic heterocycles. The van der Waals surface area contributed by atoms with E-state index in [-0.39, 0.29) is 21.9 Å². The van der Waals surface area contributed by atoms with Crippen molar-refractivity contribution in [2.45, 2.75) is 18.0 Å². The summed E-state index contributed by atoms with van der Waals surface area (Å²) < 4.78 is 63.3. The molecule has 0 aliphatic rings. The van der Waals surface area contributed by atoms with E-state index in [0.717, 1.165) is 24.3 Å². The zero-order valence-corrected chi connectivity index (χ0v) is 13.8. The van der Waals surface area contributed by atoms with Gasteiger partial charge < -0.3 is 4.55 Å². The van der Waals surface area contributed by atoms with E-state index in [4.69, 9.17) is 0 Å². The average Bonchev–Trinajstić information content (AvgIpc) is 2.58. The van der Waals surface area contributed by atoms with Crippen LogP contribution >= 0.6 is 0 Å². The molecule has 2 N–H and O–H groups in total. The lowest BCUT2D eigenvalue weighted by Gasteiger charge is -2.15. The zero-order valence-electron chi connectivity index (χ0n) is 13.0. The van der Waals surface area contributed by atoms with Gasteiger partial charge >= 0.3 is 6.18 Å². The van der Waals surface area contributed by atoms with Gasteiger partial charge in [-0.25, -0.2) is 4.39 Å². The van der Waals surface area contributed by atoms with E-state index in [2.05, 4.69) is 10.9 Å². The van der Waals surface area contributed by atoms with Crippen LogP contribution in [0.3, 0.4) is 0 Å². The molecule has 0 aromatic heterocycles. The number of carbonyl (C=O) groups excluding carboxylic acids is 1. The van der Waals surface area contributed by atoms with Crippen LogP contribution in [0.4, 0.5) is 23.2 Å². The molecule has 134 valence electrons. The molecule has 0 aliphatic carbocycles. The molecule has 4 nitrogen and oxygen atoms in total. The SMILES string of the molecule is CC[S+]([O-])c1ccc(F)cc1NNC(=O)c1cccc(C(F)(F)F)c1. The lowest BCUT2D eigenvalue weighted by Crippen LogP contribution is -2.30. The molecule has 9 heteroatoms. The summed E-state index contributed by atoms with van der Waals surface area (Å²) in [6.45, 7) is 1.67. The van der Waals surface area contributed by atoms with Gasteiger partial charge in [-0.2, -0.15) is 13.2 Å². The average molecular weight is 374 g/mol. The van der Waals surface area contributed by atoms with Gasteiger partial charge in [-0.1, -0.05) is 6.07 Å². The van der Waals surface area contributed by atoms with Crippen molar-refractivity contribution < 1.29 is 26.9 Å². The second-order valence-corrected chi connectivity index (χ2v) is 6.64. The highest BCUT2D eigenvalue weighted by Crippen LogP contribution is 2.29. The molecule has 2 aromatic rings. The van der Waals surface area contributed by atoms with Crippen molar-refractivity contribution in [3.63, 3.8) is 0 Å². The van der Waals surface area contributed by atoms with Crippen LogP contribution in [0.2, 0.25) is 0 Å². The maximum Gasteiger partial charge on any atom is 0.416 e. The number of rotatable bonds is 5. The van der Waals surface area contributed by atoms with Crippen LogP contribution in [-0.2, 0) is 17.4 Å². The highest BCUT2D eigenvalue weighted by atomic mass is 32.2. The van der Waals surface area contributed by atoms with E-state index >= 15 is 0 Å². The van der Waals surface area contributed by atoms with E-state index in [1.807, 2.05) is 0 Å².